The molecule has 0 aliphatic heterocycles. The molecule has 28 heavy (non-hydrogen) atoms. The van der Waals surface area contributed by atoms with Crippen molar-refractivity contribution < 1.29 is 0 Å². The van der Waals surface area contributed by atoms with Crippen LogP contribution in [0.25, 0.3) is 22.3 Å². The monoisotopic (exact) mass is 361 g/mol. The number of anilines is 2. The minimum absolute atomic E-state index is 1.02. The molecule has 0 amide bonds. The molecule has 1 heteroatoms. The number of benzene rings is 4. The van der Waals surface area contributed by atoms with E-state index in [0.717, 1.165) is 17.8 Å². The van der Waals surface area contributed by atoms with Crippen molar-refractivity contribution in [2.24, 2.45) is 0 Å². The van der Waals surface area contributed by atoms with E-state index in [1.165, 1.54) is 44.5 Å². The molecule has 0 bridgehead atoms. The maximum atomic E-state index is 3.66. The van der Waals surface area contributed by atoms with Gasteiger partial charge in [0.15, 0.2) is 0 Å². The van der Waals surface area contributed by atoms with Crippen molar-refractivity contribution in [3.8, 4) is 22.3 Å². The molecule has 1 N–H and O–H groups in total. The topological polar surface area (TPSA) is 12.0 Å². The van der Waals surface area contributed by atoms with Crippen molar-refractivity contribution in [1.82, 2.24) is 0 Å². The van der Waals surface area contributed by atoms with E-state index < -0.39 is 0 Å². The Bertz CT molecular complexity index is 1190. The first-order valence-electron chi connectivity index (χ1n) is 9.84. The van der Waals surface area contributed by atoms with E-state index in [2.05, 4.69) is 104 Å². The van der Waals surface area contributed by atoms with Gasteiger partial charge in [-0.1, -0.05) is 66.7 Å². The quantitative estimate of drug-likeness (QED) is 0.356. The van der Waals surface area contributed by atoms with Crippen LogP contribution in [0.2, 0.25) is 0 Å². The second-order valence-electron chi connectivity index (χ2n) is 7.62. The lowest BCUT2D eigenvalue weighted by atomic mass is 9.95. The smallest absolute Gasteiger partial charge is 0.0420 e. The van der Waals surface area contributed by atoms with Crippen molar-refractivity contribution in [1.29, 1.82) is 0 Å². The first-order valence-corrected chi connectivity index (χ1v) is 9.84. The average molecular weight is 361 g/mol. The third kappa shape index (κ3) is 2.80. The highest BCUT2D eigenvalue weighted by Crippen LogP contribution is 2.38. The summed E-state index contributed by atoms with van der Waals surface area (Å²) in [6.07, 6.45) is 1.02. The lowest BCUT2D eigenvalue weighted by molar-refractivity contribution is 1.26. The summed E-state index contributed by atoms with van der Waals surface area (Å²) in [5.74, 6) is 0. The molecule has 4 aromatic carbocycles. The van der Waals surface area contributed by atoms with Crippen LogP contribution in [-0.4, -0.2) is 0 Å². The zero-order valence-corrected chi connectivity index (χ0v) is 16.3. The van der Waals surface area contributed by atoms with E-state index in [1.807, 2.05) is 0 Å². The molecule has 0 unspecified atom stereocenters. The zero-order valence-electron chi connectivity index (χ0n) is 16.3. The summed E-state index contributed by atoms with van der Waals surface area (Å²) in [5.41, 5.74) is 13.1. The molecule has 1 aliphatic rings. The molecule has 0 atom stereocenters. The summed E-state index contributed by atoms with van der Waals surface area (Å²) in [7, 11) is 0. The van der Waals surface area contributed by atoms with Gasteiger partial charge in [0, 0.05) is 11.4 Å². The number of hydrogen-bond acceptors (Lipinski definition) is 1. The maximum absolute atomic E-state index is 3.66. The predicted octanol–water partition coefficient (Wildman–Crippen LogP) is 7.29. The van der Waals surface area contributed by atoms with Crippen LogP contribution < -0.4 is 5.32 Å². The molecule has 0 spiro atoms. The van der Waals surface area contributed by atoms with Crippen LogP contribution in [0.3, 0.4) is 0 Å². The summed E-state index contributed by atoms with van der Waals surface area (Å²) in [4.78, 5) is 0. The standard InChI is InChI=1S/C27H23N/c1-18-8-3-5-10-23(18)24-12-7-13-27(19(24)2)28-22-14-15-26-21(17-22)16-20-9-4-6-11-25(20)26/h3-15,17,28H,16H2,1-2H3. The third-order valence-electron chi connectivity index (χ3n) is 5.84. The van der Waals surface area contributed by atoms with Crippen LogP contribution in [0.1, 0.15) is 22.3 Å². The van der Waals surface area contributed by atoms with E-state index in [-0.39, 0.29) is 0 Å². The van der Waals surface area contributed by atoms with Gasteiger partial charge < -0.3 is 5.32 Å². The number of hydrogen-bond donors (Lipinski definition) is 1. The Hall–Kier alpha value is -3.32. The van der Waals surface area contributed by atoms with Crippen LogP contribution in [0, 0.1) is 13.8 Å². The number of aryl methyl sites for hydroxylation is 1. The van der Waals surface area contributed by atoms with E-state index in [1.54, 1.807) is 0 Å². The molecule has 5 rings (SSSR count). The molecule has 0 aromatic heterocycles. The molecule has 0 heterocycles. The Labute approximate surface area is 166 Å². The van der Waals surface area contributed by atoms with Crippen LogP contribution in [0.4, 0.5) is 11.4 Å². The first-order chi connectivity index (χ1) is 13.7. The van der Waals surface area contributed by atoms with Gasteiger partial charge in [0.25, 0.3) is 0 Å². The van der Waals surface area contributed by atoms with E-state index in [9.17, 15) is 0 Å². The fraction of sp³-hybridized carbons (Fsp3) is 0.111. The van der Waals surface area contributed by atoms with E-state index >= 15 is 0 Å². The van der Waals surface area contributed by atoms with Crippen molar-refractivity contribution in [3.05, 3.63) is 107 Å². The predicted molar refractivity (Wildman–Crippen MR) is 119 cm³/mol. The summed E-state index contributed by atoms with van der Waals surface area (Å²) in [6.45, 7) is 4.38. The Kier molecular flexibility index (Phi) is 4.02. The van der Waals surface area contributed by atoms with Crippen LogP contribution >= 0.6 is 0 Å². The molecule has 0 saturated heterocycles. The van der Waals surface area contributed by atoms with Gasteiger partial charge in [0.1, 0.15) is 0 Å². The molecule has 1 nitrogen and oxygen atoms in total. The zero-order chi connectivity index (χ0) is 19.1. The lowest BCUT2D eigenvalue weighted by Gasteiger charge is -2.15. The highest BCUT2D eigenvalue weighted by molar-refractivity contribution is 5.81. The van der Waals surface area contributed by atoms with Crippen LogP contribution in [0.5, 0.6) is 0 Å². The normalized spacial score (nSPS) is 11.8. The van der Waals surface area contributed by atoms with Gasteiger partial charge in [-0.3, -0.25) is 0 Å². The molecule has 0 saturated carbocycles. The van der Waals surface area contributed by atoms with Gasteiger partial charge in [-0.25, -0.2) is 0 Å². The first kappa shape index (κ1) is 16.8. The highest BCUT2D eigenvalue weighted by atomic mass is 14.9. The second-order valence-corrected chi connectivity index (χ2v) is 7.62. The highest BCUT2D eigenvalue weighted by Gasteiger charge is 2.18. The SMILES string of the molecule is Cc1ccccc1-c1cccc(Nc2ccc3c(c2)Cc2ccccc2-3)c1C. The average Bonchev–Trinajstić information content (AvgIpc) is 3.08. The van der Waals surface area contributed by atoms with Gasteiger partial charge >= 0.3 is 0 Å². The molecular formula is C27H23N. The summed E-state index contributed by atoms with van der Waals surface area (Å²) in [5, 5.41) is 3.66. The van der Waals surface area contributed by atoms with Crippen LogP contribution in [0.15, 0.2) is 84.9 Å². The molecule has 136 valence electrons. The fourth-order valence-corrected chi connectivity index (χ4v) is 4.32. The van der Waals surface area contributed by atoms with Gasteiger partial charge in [-0.05, 0) is 83.0 Å². The minimum atomic E-state index is 1.02. The largest absolute Gasteiger partial charge is 0.355 e. The minimum Gasteiger partial charge on any atom is -0.355 e. The van der Waals surface area contributed by atoms with Gasteiger partial charge in [-0.15, -0.1) is 0 Å². The van der Waals surface area contributed by atoms with Gasteiger partial charge in [0.2, 0.25) is 0 Å². The fourth-order valence-electron chi connectivity index (χ4n) is 4.32. The third-order valence-corrected chi connectivity index (χ3v) is 5.84. The van der Waals surface area contributed by atoms with Gasteiger partial charge in [-0.2, -0.15) is 0 Å². The molecular weight excluding hydrogens is 338 g/mol. The Morgan fingerprint density at radius 1 is 0.607 bits per heavy atom. The van der Waals surface area contributed by atoms with Crippen LogP contribution in [-0.2, 0) is 6.42 Å². The van der Waals surface area contributed by atoms with E-state index in [0.29, 0.717) is 0 Å². The Morgan fingerprint density at radius 2 is 1.32 bits per heavy atom. The van der Waals surface area contributed by atoms with Crippen molar-refractivity contribution in [3.63, 3.8) is 0 Å². The summed E-state index contributed by atoms with van der Waals surface area (Å²) in [6, 6.07) is 30.6. The Balaban J connectivity index is 1.49. The van der Waals surface area contributed by atoms with Gasteiger partial charge in [0.05, 0.1) is 0 Å². The number of fused-ring (bicyclic) bond motifs is 3. The van der Waals surface area contributed by atoms with E-state index in [4.69, 9.17) is 0 Å². The lowest BCUT2D eigenvalue weighted by Crippen LogP contribution is -1.96. The summed E-state index contributed by atoms with van der Waals surface area (Å²) < 4.78 is 0. The van der Waals surface area contributed by atoms with Crippen molar-refractivity contribution in [2.75, 3.05) is 5.32 Å². The van der Waals surface area contributed by atoms with Crippen molar-refractivity contribution >= 4 is 11.4 Å². The molecule has 0 radical (unpaired) electrons. The number of nitrogens with one attached hydrogen (secondary N) is 1. The second kappa shape index (κ2) is 6.69. The maximum Gasteiger partial charge on any atom is 0.0420 e. The molecule has 0 fully saturated rings. The molecule has 1 aliphatic carbocycles. The Morgan fingerprint density at radius 3 is 2.18 bits per heavy atom. The number of rotatable bonds is 3. The molecule has 4 aromatic rings. The van der Waals surface area contributed by atoms with Crippen molar-refractivity contribution in [2.45, 2.75) is 20.3 Å². The summed E-state index contributed by atoms with van der Waals surface area (Å²) >= 11 is 0.